The van der Waals surface area contributed by atoms with Gasteiger partial charge in [-0.05, 0) is 56.2 Å². The number of nitrogens with one attached hydrogen (secondary N) is 2. The Hall–Kier alpha value is -2.76. The fourth-order valence-corrected chi connectivity index (χ4v) is 4.92. The van der Waals surface area contributed by atoms with Crippen LogP contribution in [0, 0.1) is 18.3 Å². The van der Waals surface area contributed by atoms with Gasteiger partial charge in [0.15, 0.2) is 5.78 Å². The first kappa shape index (κ1) is 21.5. The molecule has 1 aliphatic carbocycles. The number of hydrogen-bond donors (Lipinski definition) is 2. The Morgan fingerprint density at radius 3 is 2.74 bits per heavy atom. The van der Waals surface area contributed by atoms with Crippen LogP contribution < -0.4 is 10.6 Å². The number of halogens is 1. The predicted octanol–water partition coefficient (Wildman–Crippen LogP) is 5.15. The maximum absolute atomic E-state index is 12.7. The van der Waals surface area contributed by atoms with E-state index in [0.29, 0.717) is 34.0 Å². The van der Waals surface area contributed by atoms with Crippen LogP contribution >= 0.6 is 27.7 Å². The number of thioether (sulfide) groups is 1. The van der Waals surface area contributed by atoms with Gasteiger partial charge in [-0.25, -0.2) is 0 Å². The molecule has 0 saturated carbocycles. The third-order valence-corrected chi connectivity index (χ3v) is 6.73. The number of anilines is 1. The van der Waals surface area contributed by atoms with Gasteiger partial charge in [0.1, 0.15) is 11.5 Å². The number of Topliss-reactive ketones (excluding diaryl/α,β-unsaturated/α-hetero) is 1. The molecule has 1 amide bonds. The van der Waals surface area contributed by atoms with Gasteiger partial charge in [-0.3, -0.25) is 9.59 Å². The van der Waals surface area contributed by atoms with Crippen molar-refractivity contribution >= 4 is 45.1 Å². The summed E-state index contributed by atoms with van der Waals surface area (Å²) in [6, 6.07) is 13.2. The van der Waals surface area contributed by atoms with Crippen molar-refractivity contribution < 1.29 is 14.0 Å². The Kier molecular flexibility index (Phi) is 6.35. The van der Waals surface area contributed by atoms with Crippen molar-refractivity contribution in [2.45, 2.75) is 32.1 Å². The summed E-state index contributed by atoms with van der Waals surface area (Å²) in [6.07, 6.45) is 1.96. The van der Waals surface area contributed by atoms with E-state index in [1.807, 2.05) is 43.3 Å². The summed E-state index contributed by atoms with van der Waals surface area (Å²) < 4.78 is 6.75. The van der Waals surface area contributed by atoms with Crippen molar-refractivity contribution in [3.63, 3.8) is 0 Å². The number of amides is 1. The van der Waals surface area contributed by atoms with E-state index in [0.717, 1.165) is 28.8 Å². The molecular formula is C23H20BrN3O3S. The third-order valence-electron chi connectivity index (χ3n) is 5.18. The van der Waals surface area contributed by atoms with Crippen LogP contribution in [0.25, 0.3) is 0 Å². The van der Waals surface area contributed by atoms with E-state index in [4.69, 9.17) is 4.42 Å². The minimum atomic E-state index is -0.542. The number of nitriles is 1. The zero-order valence-electron chi connectivity index (χ0n) is 16.8. The summed E-state index contributed by atoms with van der Waals surface area (Å²) in [4.78, 5) is 25.2. The van der Waals surface area contributed by atoms with E-state index in [-0.39, 0.29) is 17.4 Å². The first-order valence-electron chi connectivity index (χ1n) is 9.88. The number of benzene rings is 1. The third kappa shape index (κ3) is 4.63. The molecule has 1 atom stereocenters. The highest BCUT2D eigenvalue weighted by Crippen LogP contribution is 2.44. The van der Waals surface area contributed by atoms with Gasteiger partial charge in [0.25, 0.3) is 0 Å². The van der Waals surface area contributed by atoms with E-state index in [1.165, 1.54) is 11.8 Å². The van der Waals surface area contributed by atoms with Crippen molar-refractivity contribution in [2.24, 2.45) is 0 Å². The second-order valence-electron chi connectivity index (χ2n) is 7.37. The second kappa shape index (κ2) is 9.16. The molecule has 158 valence electrons. The lowest BCUT2D eigenvalue weighted by Crippen LogP contribution is -2.31. The first-order chi connectivity index (χ1) is 15.0. The normalized spacial score (nSPS) is 18.4. The molecule has 0 saturated heterocycles. The van der Waals surface area contributed by atoms with Crippen molar-refractivity contribution in [1.29, 1.82) is 5.26 Å². The van der Waals surface area contributed by atoms with Gasteiger partial charge in [-0.15, -0.1) is 0 Å². The maximum atomic E-state index is 12.7. The fraction of sp³-hybridized carbons (Fsp3) is 0.261. The molecule has 0 fully saturated rings. The maximum Gasteiger partial charge on any atom is 0.234 e. The number of ketones is 1. The summed E-state index contributed by atoms with van der Waals surface area (Å²) >= 11 is 4.63. The van der Waals surface area contributed by atoms with Crippen LogP contribution in [0.5, 0.6) is 0 Å². The number of hydrogen-bond acceptors (Lipinski definition) is 6. The van der Waals surface area contributed by atoms with E-state index in [9.17, 15) is 14.9 Å². The van der Waals surface area contributed by atoms with Crippen molar-refractivity contribution in [3.8, 4) is 6.07 Å². The lowest BCUT2D eigenvalue weighted by atomic mass is 9.79. The molecule has 31 heavy (non-hydrogen) atoms. The van der Waals surface area contributed by atoms with Crippen LogP contribution in [0.1, 0.15) is 36.7 Å². The van der Waals surface area contributed by atoms with Gasteiger partial charge in [0.05, 0.1) is 28.3 Å². The molecule has 0 radical (unpaired) electrons. The zero-order valence-corrected chi connectivity index (χ0v) is 19.2. The molecule has 0 spiro atoms. The molecule has 1 aromatic heterocycles. The summed E-state index contributed by atoms with van der Waals surface area (Å²) in [5.41, 5.74) is 2.54. The second-order valence-corrected chi connectivity index (χ2v) is 9.28. The minimum Gasteiger partial charge on any atom is -0.465 e. The van der Waals surface area contributed by atoms with Gasteiger partial charge in [-0.2, -0.15) is 5.26 Å². The highest BCUT2D eigenvalue weighted by atomic mass is 79.9. The Morgan fingerprint density at radius 2 is 2.06 bits per heavy atom. The van der Waals surface area contributed by atoms with Gasteiger partial charge >= 0.3 is 0 Å². The van der Waals surface area contributed by atoms with Crippen molar-refractivity contribution in [3.05, 3.63) is 74.3 Å². The standard InChI is InChI=1S/C23H20BrN3O3S/c1-13-5-10-19(30-13)21-16(11-25)23(27-17-3-2-4-18(28)22(17)21)31-12-20(29)26-15-8-6-14(24)7-9-15/h5-10,21,27H,2-4,12H2,1H3,(H,26,29). The van der Waals surface area contributed by atoms with Gasteiger partial charge in [0.2, 0.25) is 5.91 Å². The number of nitrogens with zero attached hydrogens (tertiary/aromatic N) is 1. The summed E-state index contributed by atoms with van der Waals surface area (Å²) in [6.45, 7) is 1.83. The topological polar surface area (TPSA) is 95.1 Å². The van der Waals surface area contributed by atoms with Crippen LogP contribution in [-0.2, 0) is 9.59 Å². The number of furan rings is 1. The van der Waals surface area contributed by atoms with Gasteiger partial charge < -0.3 is 15.1 Å². The van der Waals surface area contributed by atoms with E-state index < -0.39 is 5.92 Å². The minimum absolute atomic E-state index is 0.0394. The van der Waals surface area contributed by atoms with Crippen LogP contribution in [-0.4, -0.2) is 17.4 Å². The molecule has 2 heterocycles. The van der Waals surface area contributed by atoms with Crippen LogP contribution in [0.3, 0.4) is 0 Å². The fourth-order valence-electron chi connectivity index (χ4n) is 3.80. The van der Waals surface area contributed by atoms with Gasteiger partial charge in [-0.1, -0.05) is 27.7 Å². The van der Waals surface area contributed by atoms with Crippen LogP contribution in [0.2, 0.25) is 0 Å². The number of dihydropyridines is 1. The molecule has 1 unspecified atom stereocenters. The number of aryl methyl sites for hydroxylation is 1. The average Bonchev–Trinajstić information content (AvgIpc) is 3.19. The Balaban J connectivity index is 1.58. The molecule has 1 aromatic carbocycles. The SMILES string of the molecule is Cc1ccc(C2C(C#N)=C(SCC(=O)Nc3ccc(Br)cc3)NC3=C2C(=O)CCC3)o1. The van der Waals surface area contributed by atoms with Crippen LogP contribution in [0.4, 0.5) is 5.69 Å². The van der Waals surface area contributed by atoms with Crippen molar-refractivity contribution in [1.82, 2.24) is 5.32 Å². The van der Waals surface area contributed by atoms with Crippen molar-refractivity contribution in [2.75, 3.05) is 11.1 Å². The largest absolute Gasteiger partial charge is 0.465 e. The van der Waals surface area contributed by atoms with E-state index >= 15 is 0 Å². The van der Waals surface area contributed by atoms with Crippen LogP contribution in [0.15, 0.2) is 67.2 Å². The Morgan fingerprint density at radius 1 is 1.29 bits per heavy atom. The molecule has 6 nitrogen and oxygen atoms in total. The molecule has 1 aliphatic heterocycles. The average molecular weight is 498 g/mol. The number of carbonyl (C=O) groups is 2. The Bertz CT molecular complexity index is 1140. The smallest absolute Gasteiger partial charge is 0.234 e. The predicted molar refractivity (Wildman–Crippen MR) is 123 cm³/mol. The number of rotatable bonds is 5. The molecule has 8 heteroatoms. The molecule has 2 aliphatic rings. The molecule has 2 N–H and O–H groups in total. The zero-order chi connectivity index (χ0) is 22.0. The first-order valence-corrected chi connectivity index (χ1v) is 11.7. The van der Waals surface area contributed by atoms with Gasteiger partial charge in [0, 0.05) is 27.9 Å². The monoisotopic (exact) mass is 497 g/mol. The molecule has 0 bridgehead atoms. The highest BCUT2D eigenvalue weighted by molar-refractivity contribution is 9.10. The highest BCUT2D eigenvalue weighted by Gasteiger charge is 2.38. The quantitative estimate of drug-likeness (QED) is 0.592. The van der Waals surface area contributed by atoms with E-state index in [2.05, 4.69) is 32.6 Å². The molecule has 4 rings (SSSR count). The summed E-state index contributed by atoms with van der Waals surface area (Å²) in [5.74, 6) is 0.750. The number of carbonyl (C=O) groups excluding carboxylic acids is 2. The summed E-state index contributed by atoms with van der Waals surface area (Å²) in [7, 11) is 0. The number of allylic oxidation sites excluding steroid dienone is 3. The molecule has 2 aromatic rings. The lowest BCUT2D eigenvalue weighted by Gasteiger charge is -2.32. The lowest BCUT2D eigenvalue weighted by molar-refractivity contribution is -0.116. The molecular weight excluding hydrogens is 478 g/mol. The Labute approximate surface area is 192 Å². The summed E-state index contributed by atoms with van der Waals surface area (Å²) in [5, 5.41) is 16.7. The van der Waals surface area contributed by atoms with E-state index in [1.54, 1.807) is 0 Å².